The molecule has 0 aliphatic heterocycles. The van der Waals surface area contributed by atoms with Crippen molar-refractivity contribution < 1.29 is 9.59 Å². The molecule has 0 aliphatic rings. The molecule has 0 saturated heterocycles. The van der Waals surface area contributed by atoms with Crippen molar-refractivity contribution in [2.45, 2.75) is 11.7 Å². The Kier molecular flexibility index (Phi) is 7.36. The predicted molar refractivity (Wildman–Crippen MR) is 119 cm³/mol. The van der Waals surface area contributed by atoms with Crippen molar-refractivity contribution >= 4 is 52.5 Å². The number of aromatic nitrogens is 3. The van der Waals surface area contributed by atoms with Crippen LogP contribution in [0.2, 0.25) is 10.0 Å². The molecule has 1 N–H and O–H groups in total. The summed E-state index contributed by atoms with van der Waals surface area (Å²) >= 11 is 13.3. The third-order valence-electron chi connectivity index (χ3n) is 4.15. The van der Waals surface area contributed by atoms with Crippen LogP contribution in [0.25, 0.3) is 0 Å². The van der Waals surface area contributed by atoms with E-state index in [1.54, 1.807) is 59.2 Å². The van der Waals surface area contributed by atoms with E-state index in [1.165, 1.54) is 11.8 Å². The summed E-state index contributed by atoms with van der Waals surface area (Å²) < 4.78 is 1.74. The number of carbonyl (C=O) groups is 2. The number of hydrogen-bond acceptors (Lipinski definition) is 5. The Morgan fingerprint density at radius 2 is 1.97 bits per heavy atom. The van der Waals surface area contributed by atoms with Gasteiger partial charge in [-0.2, -0.15) is 0 Å². The van der Waals surface area contributed by atoms with Gasteiger partial charge in [-0.1, -0.05) is 47.1 Å². The summed E-state index contributed by atoms with van der Waals surface area (Å²) in [7, 11) is 3.51. The van der Waals surface area contributed by atoms with Crippen LogP contribution >= 0.6 is 35.0 Å². The number of halogens is 2. The maximum absolute atomic E-state index is 12.8. The first-order valence-electron chi connectivity index (χ1n) is 8.89. The molecule has 0 unspecified atom stereocenters. The standard InChI is InChI=1S/C20H19Cl2N5O2S/c1-26(10-13-6-7-16(21)17(22)8-13)19(29)14-4-3-5-15(9-14)24-18(28)11-30-20-25-23-12-27(20)2/h3-9,12H,10-11H2,1-2H3,(H,24,28). The van der Waals surface area contributed by atoms with Crippen molar-refractivity contribution in [3.05, 3.63) is 70.0 Å². The van der Waals surface area contributed by atoms with Gasteiger partial charge in [-0.3, -0.25) is 9.59 Å². The highest BCUT2D eigenvalue weighted by Gasteiger charge is 2.14. The Bertz CT molecular complexity index is 1070. The van der Waals surface area contributed by atoms with Crippen LogP contribution in [-0.2, 0) is 18.4 Å². The smallest absolute Gasteiger partial charge is 0.253 e. The van der Waals surface area contributed by atoms with Gasteiger partial charge in [0.25, 0.3) is 5.91 Å². The molecular formula is C20H19Cl2N5O2S. The van der Waals surface area contributed by atoms with Gasteiger partial charge in [-0.15, -0.1) is 10.2 Å². The number of benzene rings is 2. The number of amides is 2. The molecule has 0 aliphatic carbocycles. The molecule has 0 bridgehead atoms. The Labute approximate surface area is 188 Å². The van der Waals surface area contributed by atoms with Crippen molar-refractivity contribution in [1.82, 2.24) is 19.7 Å². The largest absolute Gasteiger partial charge is 0.337 e. The van der Waals surface area contributed by atoms with Crippen LogP contribution in [0.1, 0.15) is 15.9 Å². The van der Waals surface area contributed by atoms with Gasteiger partial charge in [-0.25, -0.2) is 0 Å². The van der Waals surface area contributed by atoms with Crippen LogP contribution in [-0.4, -0.2) is 44.3 Å². The number of rotatable bonds is 7. The van der Waals surface area contributed by atoms with Gasteiger partial charge in [0.2, 0.25) is 5.91 Å². The average Bonchev–Trinajstić information content (AvgIpc) is 3.13. The van der Waals surface area contributed by atoms with Gasteiger partial charge in [0.15, 0.2) is 5.16 Å². The molecule has 7 nitrogen and oxygen atoms in total. The van der Waals surface area contributed by atoms with Crippen LogP contribution in [0.4, 0.5) is 5.69 Å². The fourth-order valence-corrected chi connectivity index (χ4v) is 3.67. The molecule has 2 aromatic carbocycles. The second-order valence-electron chi connectivity index (χ2n) is 6.55. The van der Waals surface area contributed by atoms with E-state index in [4.69, 9.17) is 23.2 Å². The zero-order valence-corrected chi connectivity index (χ0v) is 18.6. The molecule has 0 spiro atoms. The third kappa shape index (κ3) is 5.75. The van der Waals surface area contributed by atoms with E-state index in [0.29, 0.717) is 33.0 Å². The highest BCUT2D eigenvalue weighted by atomic mass is 35.5. The van der Waals surface area contributed by atoms with Crippen LogP contribution in [0.3, 0.4) is 0 Å². The van der Waals surface area contributed by atoms with Gasteiger partial charge in [0.05, 0.1) is 15.8 Å². The third-order valence-corrected chi connectivity index (χ3v) is 5.92. The molecule has 1 heterocycles. The monoisotopic (exact) mass is 463 g/mol. The summed E-state index contributed by atoms with van der Waals surface area (Å²) in [4.78, 5) is 26.6. The number of nitrogens with zero attached hydrogens (tertiary/aromatic N) is 4. The van der Waals surface area contributed by atoms with E-state index in [0.717, 1.165) is 5.56 Å². The van der Waals surface area contributed by atoms with Gasteiger partial charge in [-0.05, 0) is 35.9 Å². The minimum absolute atomic E-state index is 0.175. The molecule has 1 aromatic heterocycles. The van der Waals surface area contributed by atoms with Crippen molar-refractivity contribution in [2.75, 3.05) is 18.1 Å². The molecule has 0 saturated carbocycles. The Morgan fingerprint density at radius 3 is 2.67 bits per heavy atom. The number of thioether (sulfide) groups is 1. The summed E-state index contributed by atoms with van der Waals surface area (Å²) in [6.07, 6.45) is 1.57. The quantitative estimate of drug-likeness (QED) is 0.532. The molecule has 3 rings (SSSR count). The summed E-state index contributed by atoms with van der Waals surface area (Å²) in [5.41, 5.74) is 1.88. The normalized spacial score (nSPS) is 10.7. The first-order chi connectivity index (χ1) is 14.3. The summed E-state index contributed by atoms with van der Waals surface area (Å²) in [6.45, 7) is 0.376. The number of hydrogen-bond donors (Lipinski definition) is 1. The van der Waals surface area contributed by atoms with Crippen molar-refractivity contribution in [2.24, 2.45) is 7.05 Å². The first-order valence-corrected chi connectivity index (χ1v) is 10.6. The fraction of sp³-hybridized carbons (Fsp3) is 0.200. The lowest BCUT2D eigenvalue weighted by molar-refractivity contribution is -0.113. The van der Waals surface area contributed by atoms with Crippen LogP contribution in [0, 0.1) is 0 Å². The lowest BCUT2D eigenvalue weighted by Crippen LogP contribution is -2.26. The molecule has 0 atom stereocenters. The maximum Gasteiger partial charge on any atom is 0.253 e. The fourth-order valence-electron chi connectivity index (χ4n) is 2.66. The first kappa shape index (κ1) is 22.1. The van der Waals surface area contributed by atoms with Crippen molar-refractivity contribution in [3.63, 3.8) is 0 Å². The second-order valence-corrected chi connectivity index (χ2v) is 8.31. The highest BCUT2D eigenvalue weighted by molar-refractivity contribution is 7.99. The van der Waals surface area contributed by atoms with E-state index in [-0.39, 0.29) is 17.6 Å². The maximum atomic E-state index is 12.8. The molecule has 30 heavy (non-hydrogen) atoms. The lowest BCUT2D eigenvalue weighted by Gasteiger charge is -2.18. The van der Waals surface area contributed by atoms with Gasteiger partial charge in [0, 0.05) is 31.9 Å². The van der Waals surface area contributed by atoms with E-state index in [2.05, 4.69) is 15.5 Å². The topological polar surface area (TPSA) is 80.1 Å². The molecule has 3 aromatic rings. The zero-order valence-electron chi connectivity index (χ0n) is 16.3. The van der Waals surface area contributed by atoms with Crippen LogP contribution in [0.15, 0.2) is 53.9 Å². The summed E-state index contributed by atoms with van der Waals surface area (Å²) in [6, 6.07) is 12.1. The molecule has 10 heteroatoms. The second kappa shape index (κ2) is 9.97. The molecule has 0 radical (unpaired) electrons. The number of carbonyl (C=O) groups excluding carboxylic acids is 2. The molecular weight excluding hydrogens is 445 g/mol. The number of aryl methyl sites for hydroxylation is 1. The van der Waals surface area contributed by atoms with Crippen LogP contribution < -0.4 is 5.32 Å². The van der Waals surface area contributed by atoms with Crippen molar-refractivity contribution in [1.29, 1.82) is 0 Å². The Morgan fingerprint density at radius 1 is 1.17 bits per heavy atom. The average molecular weight is 464 g/mol. The number of nitrogens with one attached hydrogen (secondary N) is 1. The minimum Gasteiger partial charge on any atom is -0.337 e. The van der Waals surface area contributed by atoms with Gasteiger partial charge in [0.1, 0.15) is 6.33 Å². The minimum atomic E-state index is -0.197. The van der Waals surface area contributed by atoms with E-state index < -0.39 is 0 Å². The van der Waals surface area contributed by atoms with E-state index >= 15 is 0 Å². The Balaban J connectivity index is 1.60. The molecule has 0 fully saturated rings. The summed E-state index contributed by atoms with van der Waals surface area (Å²) in [5.74, 6) is -0.190. The molecule has 156 valence electrons. The highest BCUT2D eigenvalue weighted by Crippen LogP contribution is 2.23. The van der Waals surface area contributed by atoms with Gasteiger partial charge < -0.3 is 14.8 Å². The Hall–Kier alpha value is -2.55. The van der Waals surface area contributed by atoms with Gasteiger partial charge >= 0.3 is 0 Å². The van der Waals surface area contributed by atoms with Crippen LogP contribution in [0.5, 0.6) is 0 Å². The lowest BCUT2D eigenvalue weighted by atomic mass is 10.1. The SMILES string of the molecule is CN(Cc1ccc(Cl)c(Cl)c1)C(=O)c1cccc(NC(=O)CSc2nncn2C)c1. The van der Waals surface area contributed by atoms with Crippen molar-refractivity contribution in [3.8, 4) is 0 Å². The summed E-state index contributed by atoms with van der Waals surface area (Å²) in [5, 5.41) is 12.1. The number of anilines is 1. The van der Waals surface area contributed by atoms with E-state index in [1.807, 2.05) is 13.1 Å². The zero-order chi connectivity index (χ0) is 21.7. The predicted octanol–water partition coefficient (Wildman–Crippen LogP) is 4.12. The molecule has 2 amide bonds. The van der Waals surface area contributed by atoms with E-state index in [9.17, 15) is 9.59 Å².